The molecule has 0 aliphatic carbocycles. The Bertz CT molecular complexity index is 549. The lowest BCUT2D eigenvalue weighted by Crippen LogP contribution is -2.31. The van der Waals surface area contributed by atoms with Crippen LogP contribution in [0.5, 0.6) is 0 Å². The predicted octanol–water partition coefficient (Wildman–Crippen LogP) is 3.02. The molecule has 0 bridgehead atoms. The molecule has 1 amide bonds. The molecule has 0 heterocycles. The average molecular weight is 282 g/mol. The first-order valence-electron chi connectivity index (χ1n) is 7.41. The third kappa shape index (κ3) is 5.30. The van der Waals surface area contributed by atoms with Gasteiger partial charge in [-0.3, -0.25) is 4.79 Å². The number of hydrogen-bond donors (Lipinski definition) is 2. The summed E-state index contributed by atoms with van der Waals surface area (Å²) in [6.45, 7) is 3.10. The third-order valence-electron chi connectivity index (χ3n) is 3.39. The Labute approximate surface area is 126 Å². The summed E-state index contributed by atoms with van der Waals surface area (Å²) >= 11 is 0. The molecule has 2 aromatic rings. The van der Waals surface area contributed by atoms with E-state index in [1.807, 2.05) is 30.3 Å². The maximum absolute atomic E-state index is 11.8. The van der Waals surface area contributed by atoms with Crippen molar-refractivity contribution in [3.8, 4) is 0 Å². The van der Waals surface area contributed by atoms with Gasteiger partial charge in [0.15, 0.2) is 0 Å². The number of amides is 1. The molecular formula is C18H22N2O. The van der Waals surface area contributed by atoms with Gasteiger partial charge >= 0.3 is 0 Å². The standard InChI is InChI=1S/C18H22N2O/c1-2-15-8-10-17(11-9-15)20-14-18(21)19-13-12-16-6-4-3-5-7-16/h3-11,20H,2,12-14H2,1H3,(H,19,21). The van der Waals surface area contributed by atoms with Gasteiger partial charge in [0.05, 0.1) is 6.54 Å². The first-order chi connectivity index (χ1) is 10.3. The first kappa shape index (κ1) is 15.1. The highest BCUT2D eigenvalue weighted by Gasteiger charge is 2.01. The molecular weight excluding hydrogens is 260 g/mol. The Hall–Kier alpha value is -2.29. The third-order valence-corrected chi connectivity index (χ3v) is 3.39. The summed E-state index contributed by atoms with van der Waals surface area (Å²) in [6, 6.07) is 18.3. The quantitative estimate of drug-likeness (QED) is 0.819. The normalized spacial score (nSPS) is 10.1. The van der Waals surface area contributed by atoms with Gasteiger partial charge in [0.2, 0.25) is 5.91 Å². The van der Waals surface area contributed by atoms with E-state index in [2.05, 4.69) is 41.8 Å². The zero-order valence-electron chi connectivity index (χ0n) is 12.4. The van der Waals surface area contributed by atoms with Crippen molar-refractivity contribution in [3.63, 3.8) is 0 Å². The van der Waals surface area contributed by atoms with Gasteiger partial charge in [-0.2, -0.15) is 0 Å². The van der Waals surface area contributed by atoms with Crippen LogP contribution in [-0.4, -0.2) is 19.0 Å². The van der Waals surface area contributed by atoms with E-state index >= 15 is 0 Å². The Morgan fingerprint density at radius 3 is 2.33 bits per heavy atom. The minimum Gasteiger partial charge on any atom is -0.376 e. The van der Waals surface area contributed by atoms with E-state index in [9.17, 15) is 4.79 Å². The summed E-state index contributed by atoms with van der Waals surface area (Å²) in [4.78, 5) is 11.8. The Morgan fingerprint density at radius 1 is 0.952 bits per heavy atom. The van der Waals surface area contributed by atoms with Crippen molar-refractivity contribution in [3.05, 3.63) is 65.7 Å². The smallest absolute Gasteiger partial charge is 0.239 e. The molecule has 0 saturated carbocycles. The largest absolute Gasteiger partial charge is 0.376 e. The fourth-order valence-electron chi connectivity index (χ4n) is 2.09. The summed E-state index contributed by atoms with van der Waals surface area (Å²) < 4.78 is 0. The van der Waals surface area contributed by atoms with Crippen molar-refractivity contribution >= 4 is 11.6 Å². The molecule has 3 heteroatoms. The van der Waals surface area contributed by atoms with Crippen molar-refractivity contribution < 1.29 is 4.79 Å². The lowest BCUT2D eigenvalue weighted by atomic mass is 10.1. The van der Waals surface area contributed by atoms with Crippen LogP contribution < -0.4 is 10.6 Å². The summed E-state index contributed by atoms with van der Waals surface area (Å²) in [5.41, 5.74) is 3.51. The van der Waals surface area contributed by atoms with Crippen LogP contribution in [0.1, 0.15) is 18.1 Å². The number of aryl methyl sites for hydroxylation is 1. The Morgan fingerprint density at radius 2 is 1.67 bits per heavy atom. The molecule has 0 spiro atoms. The van der Waals surface area contributed by atoms with E-state index in [1.54, 1.807) is 0 Å². The summed E-state index contributed by atoms with van der Waals surface area (Å²) in [7, 11) is 0. The van der Waals surface area contributed by atoms with E-state index < -0.39 is 0 Å². The SMILES string of the molecule is CCc1ccc(NCC(=O)NCCc2ccccc2)cc1. The second kappa shape index (κ2) is 8.10. The molecule has 2 aromatic carbocycles. The molecule has 0 atom stereocenters. The zero-order valence-corrected chi connectivity index (χ0v) is 12.4. The average Bonchev–Trinajstić information content (AvgIpc) is 2.54. The van der Waals surface area contributed by atoms with E-state index in [-0.39, 0.29) is 5.91 Å². The van der Waals surface area contributed by atoms with Crippen LogP contribution in [0.25, 0.3) is 0 Å². The van der Waals surface area contributed by atoms with Gasteiger partial charge in [0.1, 0.15) is 0 Å². The van der Waals surface area contributed by atoms with Crippen molar-refractivity contribution in [2.75, 3.05) is 18.4 Å². The van der Waals surface area contributed by atoms with Gasteiger partial charge < -0.3 is 10.6 Å². The van der Waals surface area contributed by atoms with Gasteiger partial charge in [-0.1, -0.05) is 49.4 Å². The molecule has 0 radical (unpaired) electrons. The molecule has 0 unspecified atom stereocenters. The van der Waals surface area contributed by atoms with Crippen molar-refractivity contribution in [2.24, 2.45) is 0 Å². The number of benzene rings is 2. The highest BCUT2D eigenvalue weighted by Crippen LogP contribution is 2.09. The zero-order chi connectivity index (χ0) is 14.9. The van der Waals surface area contributed by atoms with Crippen molar-refractivity contribution in [2.45, 2.75) is 19.8 Å². The molecule has 0 aliphatic heterocycles. The summed E-state index contributed by atoms with van der Waals surface area (Å²) in [5, 5.41) is 6.05. The van der Waals surface area contributed by atoms with Gasteiger partial charge in [-0.15, -0.1) is 0 Å². The lowest BCUT2D eigenvalue weighted by molar-refractivity contribution is -0.119. The topological polar surface area (TPSA) is 41.1 Å². The fourth-order valence-corrected chi connectivity index (χ4v) is 2.09. The molecule has 0 saturated heterocycles. The van der Waals surface area contributed by atoms with Crippen LogP contribution in [0.15, 0.2) is 54.6 Å². The van der Waals surface area contributed by atoms with Crippen LogP contribution in [0.4, 0.5) is 5.69 Å². The molecule has 2 N–H and O–H groups in total. The number of anilines is 1. The van der Waals surface area contributed by atoms with E-state index in [1.165, 1.54) is 11.1 Å². The molecule has 2 rings (SSSR count). The van der Waals surface area contributed by atoms with Crippen LogP contribution in [0.3, 0.4) is 0 Å². The van der Waals surface area contributed by atoms with E-state index in [4.69, 9.17) is 0 Å². The highest BCUT2D eigenvalue weighted by molar-refractivity contribution is 5.80. The van der Waals surface area contributed by atoms with Crippen molar-refractivity contribution in [1.29, 1.82) is 0 Å². The number of carbonyl (C=O) groups is 1. The van der Waals surface area contributed by atoms with Crippen LogP contribution in [-0.2, 0) is 17.6 Å². The molecule has 3 nitrogen and oxygen atoms in total. The van der Waals surface area contributed by atoms with Crippen molar-refractivity contribution in [1.82, 2.24) is 5.32 Å². The number of hydrogen-bond acceptors (Lipinski definition) is 2. The lowest BCUT2D eigenvalue weighted by Gasteiger charge is -2.08. The summed E-state index contributed by atoms with van der Waals surface area (Å²) in [6.07, 6.45) is 1.89. The van der Waals surface area contributed by atoms with Crippen LogP contribution in [0, 0.1) is 0 Å². The number of nitrogens with one attached hydrogen (secondary N) is 2. The summed E-state index contributed by atoms with van der Waals surface area (Å²) in [5.74, 6) is 0.0190. The number of carbonyl (C=O) groups excluding carboxylic acids is 1. The second-order valence-corrected chi connectivity index (χ2v) is 4.99. The van der Waals surface area contributed by atoms with Gasteiger partial charge in [0, 0.05) is 12.2 Å². The maximum Gasteiger partial charge on any atom is 0.239 e. The highest BCUT2D eigenvalue weighted by atomic mass is 16.1. The Balaban J connectivity index is 1.67. The van der Waals surface area contributed by atoms with Gasteiger partial charge in [0.25, 0.3) is 0 Å². The van der Waals surface area contributed by atoms with Crippen LogP contribution in [0.2, 0.25) is 0 Å². The number of rotatable bonds is 7. The molecule has 0 aromatic heterocycles. The monoisotopic (exact) mass is 282 g/mol. The fraction of sp³-hybridized carbons (Fsp3) is 0.278. The molecule has 21 heavy (non-hydrogen) atoms. The Kier molecular flexibility index (Phi) is 5.83. The molecule has 0 aliphatic rings. The maximum atomic E-state index is 11.8. The molecule has 110 valence electrons. The van der Waals surface area contributed by atoms with Crippen LogP contribution >= 0.6 is 0 Å². The minimum absolute atomic E-state index is 0.0190. The predicted molar refractivity (Wildman–Crippen MR) is 87.5 cm³/mol. The van der Waals surface area contributed by atoms with E-state index in [0.717, 1.165) is 18.5 Å². The van der Waals surface area contributed by atoms with E-state index in [0.29, 0.717) is 13.1 Å². The minimum atomic E-state index is 0.0190. The second-order valence-electron chi connectivity index (χ2n) is 4.99. The first-order valence-corrected chi connectivity index (χ1v) is 7.41. The van der Waals surface area contributed by atoms with Gasteiger partial charge in [-0.05, 0) is 36.1 Å². The molecule has 0 fully saturated rings. The van der Waals surface area contributed by atoms with Gasteiger partial charge in [-0.25, -0.2) is 0 Å².